The fourth-order valence-corrected chi connectivity index (χ4v) is 5.25. The second-order valence-corrected chi connectivity index (χ2v) is 12.9. The number of nitrogen functional groups attached to an aromatic ring is 2. The minimum atomic E-state index is 0. The number of nitrogens with two attached hydrogens (primary N) is 2. The Morgan fingerprint density at radius 2 is 1.19 bits per heavy atom. The van der Waals surface area contributed by atoms with Gasteiger partial charge in [-0.25, -0.2) is 0 Å². The van der Waals surface area contributed by atoms with Gasteiger partial charge in [-0.05, 0) is 60.8 Å². The van der Waals surface area contributed by atoms with Crippen molar-refractivity contribution in [1.29, 1.82) is 0 Å². The first-order chi connectivity index (χ1) is 19.0. The van der Waals surface area contributed by atoms with E-state index in [2.05, 4.69) is 92.1 Å². The Balaban J connectivity index is 0. The van der Waals surface area contributed by atoms with Gasteiger partial charge in [0.15, 0.2) is 17.4 Å². The summed E-state index contributed by atoms with van der Waals surface area (Å²) in [5, 5.41) is 0. The number of para-hydroxylation sites is 1. The molecule has 1 aliphatic heterocycles. The molecular formula is C32H58AlLiN6OS. The summed E-state index contributed by atoms with van der Waals surface area (Å²) in [6.07, 6.45) is 2.56. The van der Waals surface area contributed by atoms with Crippen LogP contribution in [0.5, 0.6) is 0 Å². The minimum absolute atomic E-state index is 0. The van der Waals surface area contributed by atoms with E-state index in [0.717, 1.165) is 56.1 Å². The quantitative estimate of drug-likeness (QED) is 0.269. The van der Waals surface area contributed by atoms with Crippen LogP contribution in [0, 0.1) is 23.7 Å². The molecule has 0 spiro atoms. The Morgan fingerprint density at radius 1 is 0.738 bits per heavy atom. The molecule has 1 aliphatic rings. The van der Waals surface area contributed by atoms with Gasteiger partial charge in [0.2, 0.25) is 0 Å². The van der Waals surface area contributed by atoms with E-state index in [0.29, 0.717) is 35.0 Å². The van der Waals surface area contributed by atoms with E-state index in [1.165, 1.54) is 30.3 Å². The molecule has 0 atom stereocenters. The zero-order chi connectivity index (χ0) is 29.7. The summed E-state index contributed by atoms with van der Waals surface area (Å²) in [5.41, 5.74) is 17.6. The first-order valence-electron chi connectivity index (χ1n) is 14.9. The Hall–Kier alpha value is -1.45. The molecule has 1 aromatic heterocycles. The third-order valence-corrected chi connectivity index (χ3v) is 6.77. The van der Waals surface area contributed by atoms with Gasteiger partial charge >= 0.3 is 18.9 Å². The van der Waals surface area contributed by atoms with Gasteiger partial charge in [0.25, 0.3) is 0 Å². The standard InChI is InChI=1S/C14H21N3S.C14H25N3.C4H8O.Al.Li.4H/c1-10(2)8-17(9-11(3)4)13-7-5-6-12-14(13)16-18-15-12;1-10(2)8-17(9-11(3)4)13-7-5-6-12(15)14(13)16;1-2-4-5-3-1;;;;;;/h5-7,10-11H,8-9H2,1-4H3;5-7,10-11H,8-9,15-16H2,1-4H3;1-4H2;;;;;;/q;;;;+1;;;;-1. The molecule has 0 bridgehead atoms. The summed E-state index contributed by atoms with van der Waals surface area (Å²) >= 11 is 1.30. The number of hydrogen-bond donors (Lipinski definition) is 2. The van der Waals surface area contributed by atoms with Crippen molar-refractivity contribution in [3.05, 3.63) is 36.4 Å². The average molecular weight is 609 g/mol. The predicted octanol–water partition coefficient (Wildman–Crippen LogP) is 3.51. The van der Waals surface area contributed by atoms with Crippen LogP contribution >= 0.6 is 11.7 Å². The van der Waals surface area contributed by atoms with Crippen LogP contribution in [0.1, 0.15) is 69.7 Å². The van der Waals surface area contributed by atoms with Crippen molar-refractivity contribution in [2.24, 2.45) is 23.7 Å². The maximum absolute atomic E-state index is 6.07. The summed E-state index contributed by atoms with van der Waals surface area (Å²) in [4.78, 5) is 4.78. The second kappa shape index (κ2) is 21.3. The summed E-state index contributed by atoms with van der Waals surface area (Å²) in [6, 6.07) is 12.1. The van der Waals surface area contributed by atoms with Crippen LogP contribution in [0.2, 0.25) is 0 Å². The molecule has 4 rings (SSSR count). The van der Waals surface area contributed by atoms with Gasteiger partial charge in [-0.3, -0.25) is 0 Å². The van der Waals surface area contributed by atoms with Crippen molar-refractivity contribution in [1.82, 2.24) is 8.75 Å². The number of nitrogens with zero attached hydrogens (tertiary/aromatic N) is 4. The third kappa shape index (κ3) is 14.3. The third-order valence-electron chi connectivity index (χ3n) is 6.23. The largest absolute Gasteiger partial charge is 1.00 e. The van der Waals surface area contributed by atoms with Crippen molar-refractivity contribution in [3.63, 3.8) is 0 Å². The van der Waals surface area contributed by atoms with E-state index >= 15 is 0 Å². The van der Waals surface area contributed by atoms with Gasteiger partial charge in [-0.2, -0.15) is 8.75 Å². The summed E-state index contributed by atoms with van der Waals surface area (Å²) in [6.45, 7) is 24.0. The normalized spacial score (nSPS) is 12.4. The second-order valence-electron chi connectivity index (χ2n) is 12.4. The SMILES string of the molecule is C1CCOC1.CC(C)CN(CC(C)C)c1cccc(N)c1N.CC(C)CN(CC(C)C)c1cccc2nsnc12.[AlH3].[H-].[Li+]. The van der Waals surface area contributed by atoms with Crippen molar-refractivity contribution in [3.8, 4) is 0 Å². The molecule has 10 heteroatoms. The van der Waals surface area contributed by atoms with Gasteiger partial charge < -0.3 is 27.4 Å². The molecule has 0 radical (unpaired) electrons. The molecular weight excluding hydrogens is 550 g/mol. The van der Waals surface area contributed by atoms with Crippen molar-refractivity contribution in [2.75, 3.05) is 60.7 Å². The number of rotatable bonds is 10. The molecule has 1 saturated heterocycles. The van der Waals surface area contributed by atoms with Gasteiger partial charge in [0.05, 0.1) is 34.5 Å². The first kappa shape index (κ1) is 40.5. The monoisotopic (exact) mass is 608 g/mol. The molecule has 1 fully saturated rings. The average Bonchev–Trinajstić information content (AvgIpc) is 3.59. The van der Waals surface area contributed by atoms with Crippen LogP contribution < -0.4 is 40.1 Å². The predicted molar refractivity (Wildman–Crippen MR) is 188 cm³/mol. The van der Waals surface area contributed by atoms with E-state index in [1.54, 1.807) is 0 Å². The smallest absolute Gasteiger partial charge is 1.00 e. The van der Waals surface area contributed by atoms with Crippen molar-refractivity contribution >= 4 is 62.9 Å². The number of hydrogen-bond acceptors (Lipinski definition) is 8. The van der Waals surface area contributed by atoms with Crippen LogP contribution in [0.15, 0.2) is 36.4 Å². The number of benzene rings is 2. The molecule has 232 valence electrons. The van der Waals surface area contributed by atoms with E-state index < -0.39 is 0 Å². The van der Waals surface area contributed by atoms with Gasteiger partial charge in [-0.15, -0.1) is 0 Å². The van der Waals surface area contributed by atoms with E-state index in [4.69, 9.17) is 16.2 Å². The first-order valence-corrected chi connectivity index (χ1v) is 15.6. The molecule has 0 unspecified atom stereocenters. The Morgan fingerprint density at radius 3 is 1.64 bits per heavy atom. The maximum Gasteiger partial charge on any atom is 1.00 e. The van der Waals surface area contributed by atoms with E-state index in [-0.39, 0.29) is 37.6 Å². The molecule has 2 aromatic carbocycles. The summed E-state index contributed by atoms with van der Waals surface area (Å²) in [7, 11) is 0. The zero-order valence-corrected chi connectivity index (χ0v) is 28.0. The minimum Gasteiger partial charge on any atom is -1.00 e. The molecule has 2 heterocycles. The molecule has 4 N–H and O–H groups in total. The molecule has 0 amide bonds. The van der Waals surface area contributed by atoms with Crippen LogP contribution in [0.3, 0.4) is 0 Å². The summed E-state index contributed by atoms with van der Waals surface area (Å²) < 4.78 is 13.7. The number of fused-ring (bicyclic) bond motifs is 1. The zero-order valence-electron chi connectivity index (χ0n) is 28.2. The van der Waals surface area contributed by atoms with Crippen molar-refractivity contribution < 1.29 is 25.0 Å². The fourth-order valence-electron chi connectivity index (χ4n) is 4.71. The molecule has 3 aromatic rings. The summed E-state index contributed by atoms with van der Waals surface area (Å²) in [5.74, 6) is 2.50. The van der Waals surface area contributed by atoms with Crippen LogP contribution in [-0.2, 0) is 4.74 Å². The van der Waals surface area contributed by atoms with Gasteiger partial charge in [0, 0.05) is 39.4 Å². The number of aromatic nitrogens is 2. The fraction of sp³-hybridized carbons (Fsp3) is 0.625. The molecule has 0 aliphatic carbocycles. The van der Waals surface area contributed by atoms with Crippen LogP contribution in [0.25, 0.3) is 11.0 Å². The van der Waals surface area contributed by atoms with Crippen molar-refractivity contribution in [2.45, 2.75) is 68.2 Å². The van der Waals surface area contributed by atoms with E-state index in [1.807, 2.05) is 18.2 Å². The number of anilines is 4. The van der Waals surface area contributed by atoms with Crippen LogP contribution in [-0.4, -0.2) is 65.5 Å². The Kier molecular flexibility index (Phi) is 20.5. The van der Waals surface area contributed by atoms with Gasteiger partial charge in [-0.1, -0.05) is 67.5 Å². The van der Waals surface area contributed by atoms with Gasteiger partial charge in [0.1, 0.15) is 11.0 Å². The Bertz CT molecular complexity index is 1100. The number of ether oxygens (including phenoxy) is 1. The molecule has 0 saturated carbocycles. The maximum atomic E-state index is 6.07. The molecule has 42 heavy (non-hydrogen) atoms. The Labute approximate surface area is 284 Å². The van der Waals surface area contributed by atoms with E-state index in [9.17, 15) is 0 Å². The topological polar surface area (TPSA) is 93.5 Å². The molecule has 7 nitrogen and oxygen atoms in total. The van der Waals surface area contributed by atoms with Crippen LogP contribution in [0.4, 0.5) is 22.7 Å².